The maximum atomic E-state index is 12.4. The smallest absolute Gasteiger partial charge is 0.387 e. The molecule has 0 N–H and O–H groups in total. The van der Waals surface area contributed by atoms with Crippen molar-refractivity contribution in [3.05, 3.63) is 69.7 Å². The Kier molecular flexibility index (Phi) is 4.76. The third kappa shape index (κ3) is 3.83. The van der Waals surface area contributed by atoms with Gasteiger partial charge < -0.3 is 4.74 Å². The number of carbonyl (C=O) groups is 1. The van der Waals surface area contributed by atoms with Gasteiger partial charge in [0.15, 0.2) is 5.78 Å². The first-order valence-corrected chi connectivity index (χ1v) is 7.54. The largest absolute Gasteiger partial charge is 0.435 e. The van der Waals surface area contributed by atoms with Crippen molar-refractivity contribution in [1.82, 2.24) is 9.55 Å². The van der Waals surface area contributed by atoms with Crippen LogP contribution in [0, 0.1) is 0 Å². The summed E-state index contributed by atoms with van der Waals surface area (Å²) in [5, 5.41) is 0.702. The van der Waals surface area contributed by atoms with Gasteiger partial charge in [0.05, 0.1) is 23.8 Å². The molecule has 1 heterocycles. The van der Waals surface area contributed by atoms with Gasteiger partial charge in [0.1, 0.15) is 5.75 Å². The van der Waals surface area contributed by atoms with Gasteiger partial charge >= 0.3 is 6.61 Å². The lowest BCUT2D eigenvalue weighted by molar-refractivity contribution is -0.0498. The lowest BCUT2D eigenvalue weighted by atomic mass is 10.1. The summed E-state index contributed by atoms with van der Waals surface area (Å²) < 4.78 is 29.6. The molecule has 0 aliphatic carbocycles. The molecule has 25 heavy (non-hydrogen) atoms. The Morgan fingerprint density at radius 1 is 1.20 bits per heavy atom. The lowest BCUT2D eigenvalue weighted by Gasteiger charge is -2.08. The minimum Gasteiger partial charge on any atom is -0.435 e. The number of benzene rings is 2. The molecule has 2 aromatic carbocycles. The Bertz CT molecular complexity index is 987. The quantitative estimate of drug-likeness (QED) is 0.650. The van der Waals surface area contributed by atoms with Crippen molar-refractivity contribution in [1.29, 1.82) is 0 Å². The summed E-state index contributed by atoms with van der Waals surface area (Å²) in [4.78, 5) is 28.9. The van der Waals surface area contributed by atoms with Crippen LogP contribution in [0.4, 0.5) is 8.78 Å². The predicted molar refractivity (Wildman–Crippen MR) is 88.4 cm³/mol. The zero-order valence-corrected chi connectivity index (χ0v) is 13.4. The molecule has 0 aliphatic rings. The van der Waals surface area contributed by atoms with Crippen LogP contribution in [-0.4, -0.2) is 21.9 Å². The van der Waals surface area contributed by atoms with Crippen molar-refractivity contribution in [3.63, 3.8) is 0 Å². The Balaban J connectivity index is 1.84. The van der Waals surface area contributed by atoms with Gasteiger partial charge in [-0.25, -0.2) is 4.98 Å². The van der Waals surface area contributed by atoms with E-state index >= 15 is 0 Å². The molecule has 128 valence electrons. The topological polar surface area (TPSA) is 61.2 Å². The van der Waals surface area contributed by atoms with Crippen LogP contribution < -0.4 is 10.3 Å². The maximum absolute atomic E-state index is 12.4. The van der Waals surface area contributed by atoms with Crippen LogP contribution in [0.15, 0.2) is 53.6 Å². The van der Waals surface area contributed by atoms with Crippen molar-refractivity contribution in [2.75, 3.05) is 0 Å². The highest BCUT2D eigenvalue weighted by Crippen LogP contribution is 2.16. The van der Waals surface area contributed by atoms with E-state index in [1.165, 1.54) is 41.2 Å². The summed E-state index contributed by atoms with van der Waals surface area (Å²) in [6, 6.07) is 9.97. The average Bonchev–Trinajstić information content (AvgIpc) is 2.58. The summed E-state index contributed by atoms with van der Waals surface area (Å²) in [5.74, 6) is -0.417. The number of carbonyl (C=O) groups excluding carboxylic acids is 1. The average molecular weight is 365 g/mol. The van der Waals surface area contributed by atoms with E-state index in [2.05, 4.69) is 9.72 Å². The Morgan fingerprint density at radius 2 is 1.92 bits per heavy atom. The van der Waals surface area contributed by atoms with Crippen LogP contribution in [0.1, 0.15) is 10.4 Å². The van der Waals surface area contributed by atoms with Gasteiger partial charge in [-0.3, -0.25) is 14.2 Å². The molecule has 1 aromatic heterocycles. The Morgan fingerprint density at radius 3 is 2.60 bits per heavy atom. The van der Waals surface area contributed by atoms with Crippen LogP contribution in [0.5, 0.6) is 5.75 Å². The number of rotatable bonds is 5. The van der Waals surface area contributed by atoms with Crippen molar-refractivity contribution >= 4 is 28.3 Å². The molecule has 3 rings (SSSR count). The SMILES string of the molecule is O=C(Cn1cnc2ccc(Cl)cc2c1=O)c1ccc(OC(F)F)cc1. The predicted octanol–water partition coefficient (Wildman–Crippen LogP) is 3.53. The highest BCUT2D eigenvalue weighted by molar-refractivity contribution is 6.31. The number of Topliss-reactive ketones (excluding diaryl/α,β-unsaturated/α-hetero) is 1. The summed E-state index contributed by atoms with van der Waals surface area (Å²) in [7, 11) is 0. The van der Waals surface area contributed by atoms with Gasteiger partial charge in [-0.2, -0.15) is 8.78 Å². The molecule has 3 aromatic rings. The molecular formula is C17H11ClF2N2O3. The van der Waals surface area contributed by atoms with Crippen LogP contribution in [0.2, 0.25) is 5.02 Å². The first-order valence-electron chi connectivity index (χ1n) is 7.17. The van der Waals surface area contributed by atoms with Crippen molar-refractivity contribution in [2.45, 2.75) is 13.2 Å². The van der Waals surface area contributed by atoms with Crippen molar-refractivity contribution in [3.8, 4) is 5.75 Å². The zero-order valence-electron chi connectivity index (χ0n) is 12.7. The fourth-order valence-corrected chi connectivity index (χ4v) is 2.48. The molecule has 0 amide bonds. The number of alkyl halides is 2. The molecule has 0 fully saturated rings. The molecule has 0 atom stereocenters. The number of ketones is 1. The van der Waals surface area contributed by atoms with E-state index < -0.39 is 12.2 Å². The summed E-state index contributed by atoms with van der Waals surface area (Å²) >= 11 is 5.89. The number of hydrogen-bond acceptors (Lipinski definition) is 4. The monoisotopic (exact) mass is 364 g/mol. The number of fused-ring (bicyclic) bond motifs is 1. The highest BCUT2D eigenvalue weighted by Gasteiger charge is 2.11. The van der Waals surface area contributed by atoms with Crippen LogP contribution in [0.25, 0.3) is 10.9 Å². The van der Waals surface area contributed by atoms with E-state index in [9.17, 15) is 18.4 Å². The Hall–Kier alpha value is -2.80. The normalized spacial score (nSPS) is 11.0. The van der Waals surface area contributed by atoms with Gasteiger partial charge in [-0.05, 0) is 42.5 Å². The fraction of sp³-hybridized carbons (Fsp3) is 0.118. The molecule has 0 unspecified atom stereocenters. The van der Waals surface area contributed by atoms with Crippen molar-refractivity contribution in [2.24, 2.45) is 0 Å². The molecule has 0 spiro atoms. The molecule has 0 radical (unpaired) electrons. The number of ether oxygens (including phenoxy) is 1. The number of aromatic nitrogens is 2. The van der Waals surface area contributed by atoms with E-state index in [0.29, 0.717) is 15.9 Å². The molecule has 5 nitrogen and oxygen atoms in total. The van der Waals surface area contributed by atoms with Crippen LogP contribution in [-0.2, 0) is 6.54 Å². The molecular weight excluding hydrogens is 354 g/mol. The second-order valence-electron chi connectivity index (χ2n) is 5.17. The molecule has 8 heteroatoms. The number of nitrogens with zero attached hydrogens (tertiary/aromatic N) is 2. The first kappa shape index (κ1) is 17.0. The molecule has 0 saturated carbocycles. The molecule has 0 saturated heterocycles. The number of hydrogen-bond donors (Lipinski definition) is 0. The summed E-state index contributed by atoms with van der Waals surface area (Å²) in [6.07, 6.45) is 1.28. The highest BCUT2D eigenvalue weighted by atomic mass is 35.5. The van der Waals surface area contributed by atoms with Gasteiger partial charge in [0.2, 0.25) is 0 Å². The second kappa shape index (κ2) is 6.98. The van der Waals surface area contributed by atoms with Gasteiger partial charge in [0.25, 0.3) is 5.56 Å². The van der Waals surface area contributed by atoms with E-state index in [0.717, 1.165) is 0 Å². The van der Waals surface area contributed by atoms with E-state index in [1.54, 1.807) is 12.1 Å². The lowest BCUT2D eigenvalue weighted by Crippen LogP contribution is -2.24. The standard InChI is InChI=1S/C17H11ClF2N2O3/c18-11-3-6-14-13(7-11)16(24)22(9-21-14)8-15(23)10-1-4-12(5-2-10)25-17(19)20/h1-7,9,17H,8H2. The summed E-state index contributed by atoms with van der Waals surface area (Å²) in [5.41, 5.74) is 0.352. The Labute approximate surface area is 145 Å². The maximum Gasteiger partial charge on any atom is 0.387 e. The van der Waals surface area contributed by atoms with E-state index in [-0.39, 0.29) is 23.6 Å². The van der Waals surface area contributed by atoms with Gasteiger partial charge in [-0.15, -0.1) is 0 Å². The third-order valence-electron chi connectivity index (χ3n) is 3.50. The minimum absolute atomic E-state index is 0.0502. The second-order valence-corrected chi connectivity index (χ2v) is 5.60. The van der Waals surface area contributed by atoms with Gasteiger partial charge in [0, 0.05) is 10.6 Å². The minimum atomic E-state index is -2.93. The fourth-order valence-electron chi connectivity index (χ4n) is 2.31. The van der Waals surface area contributed by atoms with Crippen molar-refractivity contribution < 1.29 is 18.3 Å². The van der Waals surface area contributed by atoms with E-state index in [1.807, 2.05) is 0 Å². The van der Waals surface area contributed by atoms with E-state index in [4.69, 9.17) is 11.6 Å². The summed E-state index contributed by atoms with van der Waals surface area (Å²) in [6.45, 7) is -3.17. The third-order valence-corrected chi connectivity index (χ3v) is 3.74. The van der Waals surface area contributed by atoms with Crippen LogP contribution in [0.3, 0.4) is 0 Å². The molecule has 0 bridgehead atoms. The first-order chi connectivity index (χ1) is 11.9. The molecule has 0 aliphatic heterocycles. The number of halogens is 3. The van der Waals surface area contributed by atoms with Gasteiger partial charge in [-0.1, -0.05) is 11.6 Å². The zero-order chi connectivity index (χ0) is 18.0. The van der Waals surface area contributed by atoms with Crippen LogP contribution >= 0.6 is 11.6 Å².